The summed E-state index contributed by atoms with van der Waals surface area (Å²) in [6.45, 7) is -2.26. The van der Waals surface area contributed by atoms with Crippen LogP contribution in [0.4, 0.5) is 14.5 Å². The van der Waals surface area contributed by atoms with Gasteiger partial charge in [-0.3, -0.25) is 10.4 Å². The lowest BCUT2D eigenvalue weighted by atomic mass is 10.2. The molecule has 0 aromatic heterocycles. The van der Waals surface area contributed by atoms with Crippen LogP contribution in [-0.4, -0.2) is 28.9 Å². The highest BCUT2D eigenvalue weighted by Crippen LogP contribution is 2.17. The zero-order valence-corrected chi connectivity index (χ0v) is 15.5. The predicted molar refractivity (Wildman–Crippen MR) is 106 cm³/mol. The van der Waals surface area contributed by atoms with Crippen LogP contribution in [0.25, 0.3) is 0 Å². The van der Waals surface area contributed by atoms with E-state index in [4.69, 9.17) is 24.4 Å². The first kappa shape index (κ1) is 19.8. The molecule has 2 rings (SSSR count). The van der Waals surface area contributed by atoms with Crippen molar-refractivity contribution in [2.24, 2.45) is 0 Å². The second kappa shape index (κ2) is 9.83. The number of nitrogens with one attached hydrogen (secondary N) is 3. The number of ether oxygens (including phenoxy) is 1. The van der Waals surface area contributed by atoms with E-state index in [1.54, 1.807) is 24.2 Å². The Morgan fingerprint density at radius 3 is 2.35 bits per heavy atom. The van der Waals surface area contributed by atoms with Gasteiger partial charge in [-0.15, -0.1) is 0 Å². The van der Waals surface area contributed by atoms with Crippen LogP contribution in [0.2, 0.25) is 0 Å². The van der Waals surface area contributed by atoms with E-state index in [0.29, 0.717) is 22.5 Å². The molecule has 26 heavy (non-hydrogen) atoms. The van der Waals surface area contributed by atoms with Crippen molar-refractivity contribution in [1.82, 2.24) is 15.8 Å². The summed E-state index contributed by atoms with van der Waals surface area (Å²) in [6.07, 6.45) is 0. The summed E-state index contributed by atoms with van der Waals surface area (Å²) in [4.78, 5) is 0. The van der Waals surface area contributed by atoms with E-state index >= 15 is 0 Å². The first-order valence-electron chi connectivity index (χ1n) is 7.62. The fourth-order valence-corrected chi connectivity index (χ4v) is 2.35. The topological polar surface area (TPSA) is 48.6 Å². The lowest BCUT2D eigenvalue weighted by Crippen LogP contribution is -2.49. The summed E-state index contributed by atoms with van der Waals surface area (Å²) in [6, 6.07) is 15.9. The number of hydrazine groups is 1. The van der Waals surface area contributed by atoms with Crippen molar-refractivity contribution in [3.05, 3.63) is 60.2 Å². The summed E-state index contributed by atoms with van der Waals surface area (Å²) in [7, 11) is 1.73. The Balaban J connectivity index is 1.78. The number of nitrogens with zero attached hydrogens (tertiary/aromatic N) is 1. The number of thiocarbonyl (C=S) groups is 2. The molecule has 3 N–H and O–H groups in total. The maximum absolute atomic E-state index is 12.1. The first-order chi connectivity index (χ1) is 12.4. The van der Waals surface area contributed by atoms with Crippen LogP contribution in [-0.2, 0) is 6.54 Å². The fourth-order valence-electron chi connectivity index (χ4n) is 1.97. The lowest BCUT2D eigenvalue weighted by molar-refractivity contribution is -0.0498. The summed E-state index contributed by atoms with van der Waals surface area (Å²) < 4.78 is 28.5. The molecule has 0 spiro atoms. The van der Waals surface area contributed by atoms with Crippen molar-refractivity contribution in [3.8, 4) is 5.75 Å². The SMILES string of the molecule is CN(NC(=S)Nc1ccc(OC(F)F)cc1)C(=S)NCc1ccccc1. The molecule has 9 heteroatoms. The molecule has 138 valence electrons. The van der Waals surface area contributed by atoms with Crippen LogP contribution >= 0.6 is 24.4 Å². The van der Waals surface area contributed by atoms with E-state index in [9.17, 15) is 8.78 Å². The molecule has 0 unspecified atom stereocenters. The molecule has 0 saturated carbocycles. The molecule has 0 saturated heterocycles. The van der Waals surface area contributed by atoms with E-state index in [1.807, 2.05) is 30.3 Å². The molecule has 0 aliphatic rings. The Hall–Kier alpha value is -2.52. The van der Waals surface area contributed by atoms with E-state index in [1.165, 1.54) is 12.1 Å². The average Bonchev–Trinajstić information content (AvgIpc) is 2.61. The molecular weight excluding hydrogens is 378 g/mol. The van der Waals surface area contributed by atoms with Gasteiger partial charge in [0, 0.05) is 19.3 Å². The number of hydrogen-bond acceptors (Lipinski definition) is 3. The van der Waals surface area contributed by atoms with Crippen molar-refractivity contribution in [1.29, 1.82) is 0 Å². The van der Waals surface area contributed by atoms with Gasteiger partial charge in [0.05, 0.1) is 0 Å². The van der Waals surface area contributed by atoms with Crippen LogP contribution in [0, 0.1) is 0 Å². The van der Waals surface area contributed by atoms with Gasteiger partial charge in [0.25, 0.3) is 0 Å². The summed E-state index contributed by atoms with van der Waals surface area (Å²) in [5, 5.41) is 8.39. The van der Waals surface area contributed by atoms with Crippen molar-refractivity contribution in [2.45, 2.75) is 13.2 Å². The fraction of sp³-hybridized carbons (Fsp3) is 0.176. The highest BCUT2D eigenvalue weighted by molar-refractivity contribution is 7.80. The normalized spacial score (nSPS) is 10.2. The van der Waals surface area contributed by atoms with E-state index in [-0.39, 0.29) is 5.75 Å². The third kappa shape index (κ3) is 6.77. The van der Waals surface area contributed by atoms with Crippen LogP contribution in [0.3, 0.4) is 0 Å². The Morgan fingerprint density at radius 1 is 1.08 bits per heavy atom. The van der Waals surface area contributed by atoms with Gasteiger partial charge in [-0.2, -0.15) is 8.78 Å². The standard InChI is InChI=1S/C17H18F2N4OS2/c1-23(17(26)20-11-12-5-3-2-4-6-12)22-16(25)21-13-7-9-14(10-8-13)24-15(18)19/h2-10,15H,11H2,1H3,(H,20,26)(H2,21,22,25). The van der Waals surface area contributed by atoms with E-state index < -0.39 is 6.61 Å². The molecule has 0 atom stereocenters. The molecule has 0 heterocycles. The lowest BCUT2D eigenvalue weighted by Gasteiger charge is -2.23. The number of alkyl halides is 2. The monoisotopic (exact) mass is 396 g/mol. The molecule has 0 amide bonds. The molecule has 0 radical (unpaired) electrons. The molecule has 2 aromatic carbocycles. The predicted octanol–water partition coefficient (Wildman–Crippen LogP) is 3.50. The van der Waals surface area contributed by atoms with Crippen molar-refractivity contribution in [3.63, 3.8) is 0 Å². The van der Waals surface area contributed by atoms with Gasteiger partial charge in [-0.1, -0.05) is 30.3 Å². The average molecular weight is 396 g/mol. The second-order valence-corrected chi connectivity index (χ2v) is 5.97. The van der Waals surface area contributed by atoms with Gasteiger partial charge < -0.3 is 15.4 Å². The summed E-state index contributed by atoms with van der Waals surface area (Å²) >= 11 is 10.5. The number of hydrogen-bond donors (Lipinski definition) is 3. The quantitative estimate of drug-likeness (QED) is 0.528. The van der Waals surface area contributed by atoms with Gasteiger partial charge in [-0.05, 0) is 54.3 Å². The van der Waals surface area contributed by atoms with Gasteiger partial charge in [-0.25, -0.2) is 0 Å². The van der Waals surface area contributed by atoms with Crippen LogP contribution in [0.5, 0.6) is 5.75 Å². The summed E-state index contributed by atoms with van der Waals surface area (Å²) in [5.41, 5.74) is 4.64. The Labute approximate surface area is 161 Å². The largest absolute Gasteiger partial charge is 0.435 e. The minimum atomic E-state index is -2.85. The minimum absolute atomic E-state index is 0.0767. The minimum Gasteiger partial charge on any atom is -0.435 e. The second-order valence-electron chi connectivity index (χ2n) is 5.17. The third-order valence-electron chi connectivity index (χ3n) is 3.20. The number of rotatable bonds is 5. The Bertz CT molecular complexity index is 729. The highest BCUT2D eigenvalue weighted by atomic mass is 32.1. The van der Waals surface area contributed by atoms with Gasteiger partial charge in [0.15, 0.2) is 10.2 Å². The van der Waals surface area contributed by atoms with Crippen LogP contribution < -0.4 is 20.8 Å². The molecule has 0 fully saturated rings. The Kier molecular flexibility index (Phi) is 7.49. The van der Waals surface area contributed by atoms with Crippen molar-refractivity contribution in [2.75, 3.05) is 12.4 Å². The smallest absolute Gasteiger partial charge is 0.387 e. The molecular formula is C17H18F2N4OS2. The molecule has 0 aliphatic carbocycles. The van der Waals surface area contributed by atoms with Crippen LogP contribution in [0.15, 0.2) is 54.6 Å². The zero-order valence-electron chi connectivity index (χ0n) is 13.9. The molecule has 0 bridgehead atoms. The maximum Gasteiger partial charge on any atom is 0.387 e. The number of halogens is 2. The zero-order chi connectivity index (χ0) is 18.9. The molecule has 5 nitrogen and oxygen atoms in total. The van der Waals surface area contributed by atoms with Crippen molar-refractivity contribution >= 4 is 40.3 Å². The number of anilines is 1. The summed E-state index contributed by atoms with van der Waals surface area (Å²) in [5.74, 6) is 0.0767. The Morgan fingerprint density at radius 2 is 1.73 bits per heavy atom. The highest BCUT2D eigenvalue weighted by Gasteiger charge is 2.07. The van der Waals surface area contributed by atoms with E-state index in [2.05, 4.69) is 20.8 Å². The van der Waals surface area contributed by atoms with Gasteiger partial charge >= 0.3 is 6.61 Å². The first-order valence-corrected chi connectivity index (χ1v) is 8.43. The van der Waals surface area contributed by atoms with Crippen molar-refractivity contribution < 1.29 is 13.5 Å². The third-order valence-corrected chi connectivity index (χ3v) is 3.81. The number of benzene rings is 2. The van der Waals surface area contributed by atoms with Gasteiger partial charge in [0.2, 0.25) is 0 Å². The maximum atomic E-state index is 12.1. The van der Waals surface area contributed by atoms with Crippen LogP contribution in [0.1, 0.15) is 5.56 Å². The van der Waals surface area contributed by atoms with Gasteiger partial charge in [0.1, 0.15) is 5.75 Å². The molecule has 2 aromatic rings. The van der Waals surface area contributed by atoms with E-state index in [0.717, 1.165) is 5.56 Å². The molecule has 0 aliphatic heterocycles.